The van der Waals surface area contributed by atoms with Gasteiger partial charge in [0.05, 0.1) is 17.3 Å². The highest BCUT2D eigenvalue weighted by molar-refractivity contribution is 5.85. The lowest BCUT2D eigenvalue weighted by Crippen LogP contribution is -2.68. The first-order valence-electron chi connectivity index (χ1n) is 15.0. The molecule has 0 bridgehead atoms. The van der Waals surface area contributed by atoms with Gasteiger partial charge < -0.3 is 20.1 Å². The van der Waals surface area contributed by atoms with Crippen LogP contribution in [0, 0.1) is 28.6 Å². The number of nitrogens with zero attached hydrogens (tertiary/aromatic N) is 1. The summed E-state index contributed by atoms with van der Waals surface area (Å²) < 4.78 is 5.24. The van der Waals surface area contributed by atoms with E-state index in [-0.39, 0.29) is 41.5 Å². The lowest BCUT2D eigenvalue weighted by Gasteiger charge is -2.65. The van der Waals surface area contributed by atoms with Crippen LogP contribution in [0.25, 0.3) is 0 Å². The molecule has 6 rings (SSSR count). The molecule has 1 amide bonds. The second-order valence-corrected chi connectivity index (χ2v) is 13.3. The first-order chi connectivity index (χ1) is 19.1. The molecular weight excluding hydrogens is 508 g/mol. The fourth-order valence-electron chi connectivity index (χ4n) is 9.54. The molecule has 8 atom stereocenters. The number of fused-ring (bicyclic) bond motifs is 5. The number of aliphatic hydroxyl groups is 3. The molecule has 4 fully saturated rings. The first kappa shape index (κ1) is 27.6. The van der Waals surface area contributed by atoms with Gasteiger partial charge in [0, 0.05) is 36.0 Å². The van der Waals surface area contributed by atoms with Crippen LogP contribution >= 0.6 is 0 Å². The summed E-state index contributed by atoms with van der Waals surface area (Å²) >= 11 is 0. The van der Waals surface area contributed by atoms with E-state index in [0.717, 1.165) is 30.4 Å². The molecule has 1 aliphatic heterocycles. The highest BCUT2D eigenvalue weighted by Crippen LogP contribution is 2.70. The molecule has 1 aromatic carbocycles. The Morgan fingerprint density at radius 1 is 1.07 bits per heavy atom. The summed E-state index contributed by atoms with van der Waals surface area (Å²) in [7, 11) is 0. The van der Waals surface area contributed by atoms with E-state index in [1.807, 2.05) is 30.3 Å². The van der Waals surface area contributed by atoms with Gasteiger partial charge >= 0.3 is 5.97 Å². The minimum absolute atomic E-state index is 0.0315. The van der Waals surface area contributed by atoms with Crippen LogP contribution in [-0.4, -0.2) is 57.3 Å². The number of nitrogens with one attached hydrogen (secondary N) is 1. The number of rotatable bonds is 6. The Bertz CT molecular complexity index is 1220. The van der Waals surface area contributed by atoms with E-state index in [2.05, 4.69) is 17.5 Å². The number of benzene rings is 1. The van der Waals surface area contributed by atoms with Crippen LogP contribution in [0.15, 0.2) is 47.1 Å². The number of aliphatic hydroxyl groups excluding tert-OH is 1. The summed E-state index contributed by atoms with van der Waals surface area (Å²) in [6.07, 6.45) is 9.25. The SMILES string of the molecule is CC12CCC3C(CCC4(O)CC(O)CCC34C=NNC(=O)CCc3ccccc3)C1(O)CCC2C1=CC(=O)OC1. The van der Waals surface area contributed by atoms with Gasteiger partial charge in [0.15, 0.2) is 0 Å². The Balaban J connectivity index is 1.25. The maximum Gasteiger partial charge on any atom is 0.331 e. The van der Waals surface area contributed by atoms with Crippen molar-refractivity contribution in [3.05, 3.63) is 47.5 Å². The Morgan fingerprint density at radius 2 is 1.85 bits per heavy atom. The minimum Gasteiger partial charge on any atom is -0.458 e. The molecule has 4 N–H and O–H groups in total. The van der Waals surface area contributed by atoms with Crippen LogP contribution in [0.3, 0.4) is 0 Å². The van der Waals surface area contributed by atoms with Crippen molar-refractivity contribution in [1.82, 2.24) is 5.43 Å². The Morgan fingerprint density at radius 3 is 2.60 bits per heavy atom. The van der Waals surface area contributed by atoms with E-state index < -0.39 is 22.7 Å². The van der Waals surface area contributed by atoms with E-state index in [1.165, 1.54) is 0 Å². The molecule has 4 aliphatic carbocycles. The molecule has 0 spiro atoms. The molecule has 8 nitrogen and oxygen atoms in total. The van der Waals surface area contributed by atoms with Crippen LogP contribution in [0.1, 0.15) is 76.7 Å². The van der Waals surface area contributed by atoms with E-state index >= 15 is 0 Å². The maximum absolute atomic E-state index is 12.7. The lowest BCUT2D eigenvalue weighted by atomic mass is 9.41. The van der Waals surface area contributed by atoms with E-state index in [0.29, 0.717) is 51.6 Å². The highest BCUT2D eigenvalue weighted by atomic mass is 16.5. The highest BCUT2D eigenvalue weighted by Gasteiger charge is 2.71. The molecule has 0 aromatic heterocycles. The van der Waals surface area contributed by atoms with Crippen molar-refractivity contribution in [3.8, 4) is 0 Å². The third kappa shape index (κ3) is 4.25. The third-order valence-electron chi connectivity index (χ3n) is 11.6. The molecule has 1 heterocycles. The molecule has 40 heavy (non-hydrogen) atoms. The fraction of sp³-hybridized carbons (Fsp3) is 0.656. The van der Waals surface area contributed by atoms with Crippen molar-refractivity contribution in [2.45, 2.75) is 94.9 Å². The van der Waals surface area contributed by atoms with Gasteiger partial charge in [-0.3, -0.25) is 4.79 Å². The molecule has 1 aromatic rings. The largest absolute Gasteiger partial charge is 0.458 e. The van der Waals surface area contributed by atoms with Crippen molar-refractivity contribution < 1.29 is 29.6 Å². The monoisotopic (exact) mass is 550 g/mol. The predicted molar refractivity (Wildman–Crippen MR) is 149 cm³/mol. The van der Waals surface area contributed by atoms with Crippen LogP contribution in [0.2, 0.25) is 0 Å². The Kier molecular flexibility index (Phi) is 6.95. The number of esters is 1. The van der Waals surface area contributed by atoms with Gasteiger partial charge in [-0.05, 0) is 86.7 Å². The number of hydrogen-bond acceptors (Lipinski definition) is 7. The van der Waals surface area contributed by atoms with Crippen molar-refractivity contribution in [3.63, 3.8) is 0 Å². The molecule has 4 saturated carbocycles. The molecule has 8 unspecified atom stereocenters. The van der Waals surface area contributed by atoms with Crippen molar-refractivity contribution in [1.29, 1.82) is 0 Å². The summed E-state index contributed by atoms with van der Waals surface area (Å²) in [5.74, 6) is -0.473. The number of hydrogen-bond donors (Lipinski definition) is 4. The zero-order valence-corrected chi connectivity index (χ0v) is 23.3. The van der Waals surface area contributed by atoms with Gasteiger partial charge in [-0.1, -0.05) is 37.3 Å². The van der Waals surface area contributed by atoms with Gasteiger partial charge in [0.1, 0.15) is 6.61 Å². The van der Waals surface area contributed by atoms with Crippen LogP contribution in [0.4, 0.5) is 0 Å². The summed E-state index contributed by atoms with van der Waals surface area (Å²) in [4.78, 5) is 24.5. The quantitative estimate of drug-likeness (QED) is 0.244. The predicted octanol–water partition coefficient (Wildman–Crippen LogP) is 3.43. The molecule has 8 heteroatoms. The normalized spacial score (nSPS) is 42.5. The number of ether oxygens (including phenoxy) is 1. The van der Waals surface area contributed by atoms with Crippen LogP contribution in [0.5, 0.6) is 0 Å². The van der Waals surface area contributed by atoms with Gasteiger partial charge in [0.2, 0.25) is 5.91 Å². The number of amides is 1. The van der Waals surface area contributed by atoms with Crippen molar-refractivity contribution in [2.24, 2.45) is 33.7 Å². The van der Waals surface area contributed by atoms with Gasteiger partial charge in [0.25, 0.3) is 0 Å². The van der Waals surface area contributed by atoms with Crippen molar-refractivity contribution >= 4 is 18.1 Å². The summed E-state index contributed by atoms with van der Waals surface area (Å²) in [6.45, 7) is 2.48. The fourth-order valence-corrected chi connectivity index (χ4v) is 9.54. The standard InChI is InChI=1S/C32H42N2O6/c1-29-13-10-25-26(32(29,39)16-12-24(29)22-17-28(37)40-19-22)11-15-31(38)18-23(35)9-14-30(25,31)20-33-34-27(36)8-7-21-5-3-2-4-6-21/h2-6,17,20,23-26,35,38-39H,7-16,18-19H2,1H3,(H,34,36). The van der Waals surface area contributed by atoms with Crippen molar-refractivity contribution in [2.75, 3.05) is 6.61 Å². The zero-order valence-electron chi connectivity index (χ0n) is 23.3. The third-order valence-corrected chi connectivity index (χ3v) is 11.6. The first-order valence-corrected chi connectivity index (χ1v) is 15.0. The number of aryl methyl sites for hydroxylation is 1. The molecular formula is C32H42N2O6. The topological polar surface area (TPSA) is 128 Å². The van der Waals surface area contributed by atoms with Gasteiger partial charge in [-0.25, -0.2) is 10.2 Å². The lowest BCUT2D eigenvalue weighted by molar-refractivity contribution is -0.237. The average molecular weight is 551 g/mol. The van der Waals surface area contributed by atoms with E-state index in [9.17, 15) is 24.9 Å². The summed E-state index contributed by atoms with van der Waals surface area (Å²) in [6, 6.07) is 9.85. The zero-order chi connectivity index (χ0) is 28.2. The number of carbonyl (C=O) groups is 2. The summed E-state index contributed by atoms with van der Waals surface area (Å²) in [5.41, 5.74) is 1.55. The Hall–Kier alpha value is -2.55. The number of hydrazone groups is 1. The van der Waals surface area contributed by atoms with E-state index in [4.69, 9.17) is 4.74 Å². The number of carbonyl (C=O) groups excluding carboxylic acids is 2. The van der Waals surface area contributed by atoms with Gasteiger partial charge in [-0.15, -0.1) is 0 Å². The molecule has 216 valence electrons. The second kappa shape index (κ2) is 10.1. The van der Waals surface area contributed by atoms with Gasteiger partial charge in [-0.2, -0.15) is 5.10 Å². The van der Waals surface area contributed by atoms with Crippen LogP contribution < -0.4 is 5.43 Å². The number of cyclic esters (lactones) is 1. The average Bonchev–Trinajstić information content (AvgIpc) is 3.48. The maximum atomic E-state index is 12.7. The smallest absolute Gasteiger partial charge is 0.331 e. The Labute approximate surface area is 235 Å². The molecule has 0 radical (unpaired) electrons. The van der Waals surface area contributed by atoms with Crippen LogP contribution in [-0.2, 0) is 20.7 Å². The van der Waals surface area contributed by atoms with E-state index in [1.54, 1.807) is 12.3 Å². The molecule has 0 saturated heterocycles. The summed E-state index contributed by atoms with van der Waals surface area (Å²) in [5, 5.41) is 39.6. The molecule has 5 aliphatic rings. The minimum atomic E-state index is -1.15. The second-order valence-electron chi connectivity index (χ2n) is 13.3.